The third kappa shape index (κ3) is 2.97. The predicted molar refractivity (Wildman–Crippen MR) is 85.3 cm³/mol. The fourth-order valence-electron chi connectivity index (χ4n) is 3.32. The van der Waals surface area contributed by atoms with E-state index in [-0.39, 0.29) is 10.8 Å². The first kappa shape index (κ1) is 14.6. The highest BCUT2D eigenvalue weighted by Crippen LogP contribution is 2.31. The molecule has 0 heterocycles. The van der Waals surface area contributed by atoms with E-state index in [0.717, 1.165) is 24.8 Å². The van der Waals surface area contributed by atoms with Crippen LogP contribution in [0.3, 0.4) is 0 Å². The van der Waals surface area contributed by atoms with Gasteiger partial charge in [0, 0.05) is 6.04 Å². The maximum absolute atomic E-state index is 13.6. The predicted octanol–water partition coefficient (Wildman–Crippen LogP) is 4.02. The van der Waals surface area contributed by atoms with Crippen molar-refractivity contribution in [1.29, 1.82) is 0 Å². The van der Waals surface area contributed by atoms with E-state index in [4.69, 9.17) is 11.6 Å². The highest BCUT2D eigenvalue weighted by Gasteiger charge is 2.28. The maximum Gasteiger partial charge on any atom is 0.142 e. The molecule has 3 rings (SSSR count). The second-order valence-electron chi connectivity index (χ2n) is 5.75. The Hall–Kier alpha value is -1.38. The summed E-state index contributed by atoms with van der Waals surface area (Å²) >= 11 is 6.09. The van der Waals surface area contributed by atoms with Gasteiger partial charge in [-0.05, 0) is 55.0 Å². The first-order valence-corrected chi connectivity index (χ1v) is 7.73. The molecular weight excluding hydrogens is 285 g/mol. The molecule has 1 aliphatic carbocycles. The van der Waals surface area contributed by atoms with Crippen molar-refractivity contribution >= 4 is 11.6 Å². The second kappa shape index (κ2) is 6.17. The largest absolute Gasteiger partial charge is 0.316 e. The summed E-state index contributed by atoms with van der Waals surface area (Å²) in [7, 11) is 1.97. The first-order valence-electron chi connectivity index (χ1n) is 7.36. The summed E-state index contributed by atoms with van der Waals surface area (Å²) in [5.74, 6) is 0.200. The molecule has 2 aromatic rings. The topological polar surface area (TPSA) is 12.0 Å². The van der Waals surface area contributed by atoms with Crippen LogP contribution in [0.5, 0.6) is 0 Å². The Morgan fingerprint density at radius 2 is 1.81 bits per heavy atom. The molecule has 0 aliphatic heterocycles. The van der Waals surface area contributed by atoms with Gasteiger partial charge in [-0.15, -0.1) is 0 Å². The van der Waals surface area contributed by atoms with E-state index < -0.39 is 0 Å². The van der Waals surface area contributed by atoms with Crippen molar-refractivity contribution in [3.63, 3.8) is 0 Å². The minimum atomic E-state index is -0.335. The second-order valence-corrected chi connectivity index (χ2v) is 6.13. The van der Waals surface area contributed by atoms with Gasteiger partial charge in [0.2, 0.25) is 0 Å². The van der Waals surface area contributed by atoms with Gasteiger partial charge in [-0.25, -0.2) is 4.39 Å². The lowest BCUT2D eigenvalue weighted by Crippen LogP contribution is -2.36. The molecule has 1 nitrogen and oxygen atoms in total. The van der Waals surface area contributed by atoms with Crippen LogP contribution < -0.4 is 5.32 Å². The van der Waals surface area contributed by atoms with Gasteiger partial charge in [0.1, 0.15) is 5.82 Å². The molecule has 1 atom stereocenters. The number of nitrogens with one attached hydrogen (secondary N) is 1. The summed E-state index contributed by atoms with van der Waals surface area (Å²) in [6.45, 7) is 0. The molecule has 0 bridgehead atoms. The molecule has 0 saturated carbocycles. The third-order valence-corrected chi connectivity index (χ3v) is 4.92. The van der Waals surface area contributed by atoms with Gasteiger partial charge in [0.15, 0.2) is 0 Å². The Morgan fingerprint density at radius 1 is 1.14 bits per heavy atom. The smallest absolute Gasteiger partial charge is 0.142 e. The van der Waals surface area contributed by atoms with E-state index in [1.807, 2.05) is 13.1 Å². The first-order chi connectivity index (χ1) is 10.2. The molecular formula is C18H19ClFN. The highest BCUT2D eigenvalue weighted by atomic mass is 35.5. The summed E-state index contributed by atoms with van der Waals surface area (Å²) in [4.78, 5) is 0. The lowest BCUT2D eigenvalue weighted by Gasteiger charge is -2.23. The molecule has 21 heavy (non-hydrogen) atoms. The molecule has 0 radical (unpaired) electrons. The lowest BCUT2D eigenvalue weighted by molar-refractivity contribution is 0.383. The van der Waals surface area contributed by atoms with Crippen LogP contribution in [0.25, 0.3) is 0 Å². The summed E-state index contributed by atoms with van der Waals surface area (Å²) < 4.78 is 13.6. The zero-order valence-corrected chi connectivity index (χ0v) is 12.8. The quantitative estimate of drug-likeness (QED) is 0.899. The van der Waals surface area contributed by atoms with E-state index in [1.165, 1.54) is 17.2 Å². The zero-order valence-electron chi connectivity index (χ0n) is 12.1. The maximum atomic E-state index is 13.6. The van der Waals surface area contributed by atoms with E-state index in [2.05, 4.69) is 29.6 Å². The van der Waals surface area contributed by atoms with Crippen LogP contribution in [-0.2, 0) is 19.3 Å². The van der Waals surface area contributed by atoms with Crippen molar-refractivity contribution < 1.29 is 4.39 Å². The molecule has 0 amide bonds. The van der Waals surface area contributed by atoms with Gasteiger partial charge < -0.3 is 5.32 Å². The number of halogens is 2. The fourth-order valence-corrected chi connectivity index (χ4v) is 3.53. The Balaban J connectivity index is 1.77. The zero-order chi connectivity index (χ0) is 14.8. The monoisotopic (exact) mass is 303 g/mol. The molecule has 0 saturated heterocycles. The number of benzene rings is 2. The molecule has 1 unspecified atom stereocenters. The molecule has 110 valence electrons. The SMILES string of the molecule is CNC(Cc1cccc(F)c1Cl)C1Cc2ccccc2C1. The van der Waals surface area contributed by atoms with Crippen molar-refractivity contribution in [3.05, 3.63) is 70.0 Å². The fraction of sp³-hybridized carbons (Fsp3) is 0.333. The molecule has 0 fully saturated rings. The number of hydrogen-bond acceptors (Lipinski definition) is 1. The van der Waals surface area contributed by atoms with Crippen LogP contribution in [-0.4, -0.2) is 13.1 Å². The molecule has 0 spiro atoms. The molecule has 1 N–H and O–H groups in total. The van der Waals surface area contributed by atoms with E-state index in [9.17, 15) is 4.39 Å². The van der Waals surface area contributed by atoms with Crippen molar-refractivity contribution in [1.82, 2.24) is 5.32 Å². The van der Waals surface area contributed by atoms with Crippen molar-refractivity contribution in [2.24, 2.45) is 5.92 Å². The van der Waals surface area contributed by atoms with E-state index >= 15 is 0 Å². The van der Waals surface area contributed by atoms with Gasteiger partial charge in [-0.2, -0.15) is 0 Å². The molecule has 3 heteroatoms. The van der Waals surface area contributed by atoms with E-state index in [0.29, 0.717) is 12.0 Å². The average Bonchev–Trinajstić information content (AvgIpc) is 2.92. The summed E-state index contributed by atoms with van der Waals surface area (Å²) in [5, 5.41) is 3.65. The summed E-state index contributed by atoms with van der Waals surface area (Å²) in [5.41, 5.74) is 3.76. The third-order valence-electron chi connectivity index (χ3n) is 4.49. The van der Waals surface area contributed by atoms with Gasteiger partial charge in [-0.3, -0.25) is 0 Å². The Labute approximate surface area is 130 Å². The highest BCUT2D eigenvalue weighted by molar-refractivity contribution is 6.31. The number of hydrogen-bond donors (Lipinski definition) is 1. The van der Waals surface area contributed by atoms with Crippen LogP contribution in [0.4, 0.5) is 4.39 Å². The number of fused-ring (bicyclic) bond motifs is 1. The van der Waals surface area contributed by atoms with Crippen LogP contribution in [0.2, 0.25) is 5.02 Å². The molecule has 1 aliphatic rings. The van der Waals surface area contributed by atoms with Crippen LogP contribution in [0, 0.1) is 11.7 Å². The van der Waals surface area contributed by atoms with Crippen LogP contribution >= 0.6 is 11.6 Å². The van der Waals surface area contributed by atoms with Gasteiger partial charge in [-0.1, -0.05) is 48.0 Å². The normalized spacial score (nSPS) is 16.0. The van der Waals surface area contributed by atoms with Crippen LogP contribution in [0.1, 0.15) is 16.7 Å². The van der Waals surface area contributed by atoms with Gasteiger partial charge in [0.05, 0.1) is 5.02 Å². The minimum absolute atomic E-state index is 0.258. The van der Waals surface area contributed by atoms with Crippen molar-refractivity contribution in [2.45, 2.75) is 25.3 Å². The summed E-state index contributed by atoms with van der Waals surface area (Å²) in [6, 6.07) is 14.0. The average molecular weight is 304 g/mol. The van der Waals surface area contributed by atoms with Gasteiger partial charge >= 0.3 is 0 Å². The molecule has 2 aromatic carbocycles. The Morgan fingerprint density at radius 3 is 2.43 bits per heavy atom. The standard InChI is InChI=1S/C18H19ClFN/c1-21-17(11-14-7-4-8-16(20)18(14)19)15-9-12-5-2-3-6-13(12)10-15/h2-8,15,17,21H,9-11H2,1H3. The van der Waals surface area contributed by atoms with Gasteiger partial charge in [0.25, 0.3) is 0 Å². The molecule has 0 aromatic heterocycles. The Kier molecular flexibility index (Phi) is 4.27. The van der Waals surface area contributed by atoms with Crippen molar-refractivity contribution in [2.75, 3.05) is 7.05 Å². The number of likely N-dealkylation sites (N-methyl/N-ethyl adjacent to an activating group) is 1. The Bertz CT molecular complexity index is 616. The van der Waals surface area contributed by atoms with Crippen LogP contribution in [0.15, 0.2) is 42.5 Å². The van der Waals surface area contributed by atoms with E-state index in [1.54, 1.807) is 6.07 Å². The number of rotatable bonds is 4. The lowest BCUT2D eigenvalue weighted by atomic mass is 9.91. The minimum Gasteiger partial charge on any atom is -0.316 e. The van der Waals surface area contributed by atoms with Crippen molar-refractivity contribution in [3.8, 4) is 0 Å². The summed E-state index contributed by atoms with van der Waals surface area (Å²) in [6.07, 6.45) is 2.91.